The predicted molar refractivity (Wildman–Crippen MR) is 100 cm³/mol. The minimum absolute atomic E-state index is 0. The average Bonchev–Trinajstić information content (AvgIpc) is 3.35. The second-order valence-electron chi connectivity index (χ2n) is 7.09. The van der Waals surface area contributed by atoms with E-state index in [4.69, 9.17) is 0 Å². The number of hydrogen-bond donors (Lipinski definition) is 1. The fraction of sp³-hybridized carbons (Fsp3) is 0.450. The van der Waals surface area contributed by atoms with E-state index < -0.39 is 0 Å². The van der Waals surface area contributed by atoms with Gasteiger partial charge in [0.2, 0.25) is 5.91 Å². The Balaban J connectivity index is 0.00000169. The van der Waals surface area contributed by atoms with Gasteiger partial charge >= 0.3 is 0 Å². The topological polar surface area (TPSA) is 32.3 Å². The molecule has 1 aliphatic heterocycles. The molecule has 0 bridgehead atoms. The number of hydrogen-bond acceptors (Lipinski definition) is 2. The van der Waals surface area contributed by atoms with Crippen LogP contribution >= 0.6 is 12.4 Å². The van der Waals surface area contributed by atoms with Gasteiger partial charge in [-0.15, -0.1) is 12.4 Å². The zero-order valence-corrected chi connectivity index (χ0v) is 14.9. The second-order valence-corrected chi connectivity index (χ2v) is 7.09. The number of fused-ring (bicyclic) bond motifs is 1. The Morgan fingerprint density at radius 1 is 1.17 bits per heavy atom. The molecular weight excluding hydrogens is 320 g/mol. The second kappa shape index (κ2) is 7.12. The normalized spacial score (nSPS) is 18.5. The van der Waals surface area contributed by atoms with Gasteiger partial charge in [-0.1, -0.05) is 43.3 Å². The molecule has 1 saturated carbocycles. The van der Waals surface area contributed by atoms with Crippen molar-refractivity contribution in [2.24, 2.45) is 11.8 Å². The number of amides is 1. The lowest BCUT2D eigenvalue weighted by Gasteiger charge is -2.35. The van der Waals surface area contributed by atoms with Gasteiger partial charge in [-0.25, -0.2) is 0 Å². The van der Waals surface area contributed by atoms with Crippen LogP contribution < -0.4 is 5.32 Å². The molecule has 128 valence electrons. The van der Waals surface area contributed by atoms with Gasteiger partial charge in [0.05, 0.1) is 0 Å². The highest BCUT2D eigenvalue weighted by atomic mass is 35.5. The molecule has 2 fully saturated rings. The molecule has 1 N–H and O–H groups in total. The zero-order chi connectivity index (χ0) is 15.8. The van der Waals surface area contributed by atoms with Crippen molar-refractivity contribution in [1.29, 1.82) is 0 Å². The lowest BCUT2D eigenvalue weighted by Crippen LogP contribution is -2.50. The molecule has 1 amide bonds. The van der Waals surface area contributed by atoms with E-state index in [9.17, 15) is 4.79 Å². The van der Waals surface area contributed by atoms with Crippen molar-refractivity contribution < 1.29 is 4.79 Å². The van der Waals surface area contributed by atoms with Crippen molar-refractivity contribution in [3.05, 3.63) is 48.0 Å². The van der Waals surface area contributed by atoms with Crippen LogP contribution in [-0.2, 0) is 11.3 Å². The molecule has 0 spiro atoms. The van der Waals surface area contributed by atoms with Gasteiger partial charge in [0.1, 0.15) is 0 Å². The lowest BCUT2D eigenvalue weighted by atomic mass is 9.87. The summed E-state index contributed by atoms with van der Waals surface area (Å²) >= 11 is 0. The summed E-state index contributed by atoms with van der Waals surface area (Å²) in [5.41, 5.74) is 1.24. The van der Waals surface area contributed by atoms with Crippen LogP contribution in [0.15, 0.2) is 42.5 Å². The molecule has 4 heteroatoms. The summed E-state index contributed by atoms with van der Waals surface area (Å²) in [6.45, 7) is 4.82. The van der Waals surface area contributed by atoms with E-state index >= 15 is 0 Å². The van der Waals surface area contributed by atoms with Crippen molar-refractivity contribution in [1.82, 2.24) is 10.2 Å². The molecule has 24 heavy (non-hydrogen) atoms. The van der Waals surface area contributed by atoms with Crippen molar-refractivity contribution in [2.45, 2.75) is 32.4 Å². The first kappa shape index (κ1) is 17.2. The summed E-state index contributed by atoms with van der Waals surface area (Å²) in [6.07, 6.45) is 2.32. The molecule has 1 atom stereocenters. The Kier molecular flexibility index (Phi) is 5.12. The molecule has 1 aliphatic carbocycles. The minimum Gasteiger partial charge on any atom is -0.335 e. The Morgan fingerprint density at radius 3 is 2.50 bits per heavy atom. The third-order valence-electron chi connectivity index (χ3n) is 5.35. The van der Waals surface area contributed by atoms with Crippen LogP contribution in [0.2, 0.25) is 0 Å². The average molecular weight is 345 g/mol. The maximum atomic E-state index is 12.9. The summed E-state index contributed by atoms with van der Waals surface area (Å²) in [5.74, 6) is 0.991. The van der Waals surface area contributed by atoms with E-state index in [1.165, 1.54) is 16.3 Å². The van der Waals surface area contributed by atoms with Crippen LogP contribution in [0.3, 0.4) is 0 Å². The van der Waals surface area contributed by atoms with Gasteiger partial charge in [0.25, 0.3) is 0 Å². The first-order chi connectivity index (χ1) is 11.2. The molecule has 2 aromatic rings. The van der Waals surface area contributed by atoms with Crippen molar-refractivity contribution in [3.8, 4) is 0 Å². The van der Waals surface area contributed by atoms with Crippen molar-refractivity contribution >= 4 is 29.1 Å². The van der Waals surface area contributed by atoms with Crippen LogP contribution in [0.25, 0.3) is 10.8 Å². The van der Waals surface area contributed by atoms with Gasteiger partial charge < -0.3 is 10.2 Å². The van der Waals surface area contributed by atoms with Crippen molar-refractivity contribution in [3.63, 3.8) is 0 Å². The van der Waals surface area contributed by atoms with E-state index in [1.807, 2.05) is 0 Å². The first-order valence-electron chi connectivity index (χ1n) is 8.71. The van der Waals surface area contributed by atoms with Crippen LogP contribution in [-0.4, -0.2) is 29.9 Å². The van der Waals surface area contributed by atoms with Gasteiger partial charge in [-0.2, -0.15) is 0 Å². The van der Waals surface area contributed by atoms with E-state index in [2.05, 4.69) is 59.6 Å². The highest BCUT2D eigenvalue weighted by molar-refractivity contribution is 5.85. The SMILES string of the molecule is CC(C(=O)N(Cc1ccc2ccccc2c1)C1CC1)C1CNC1.Cl. The summed E-state index contributed by atoms with van der Waals surface area (Å²) in [5, 5.41) is 5.79. The first-order valence-corrected chi connectivity index (χ1v) is 8.71. The van der Waals surface area contributed by atoms with Gasteiger partial charge in [0, 0.05) is 18.5 Å². The largest absolute Gasteiger partial charge is 0.335 e. The van der Waals surface area contributed by atoms with Crippen molar-refractivity contribution in [2.75, 3.05) is 13.1 Å². The fourth-order valence-corrected chi connectivity index (χ4v) is 3.43. The summed E-state index contributed by atoms with van der Waals surface area (Å²) in [4.78, 5) is 15.1. The van der Waals surface area contributed by atoms with E-state index in [0.29, 0.717) is 17.9 Å². The molecule has 0 aromatic heterocycles. The Labute approximate surface area is 149 Å². The Hall–Kier alpha value is -1.58. The van der Waals surface area contributed by atoms with E-state index in [1.54, 1.807) is 0 Å². The molecule has 1 saturated heterocycles. The monoisotopic (exact) mass is 344 g/mol. The van der Waals surface area contributed by atoms with Gasteiger partial charge in [-0.05, 0) is 54.3 Å². The summed E-state index contributed by atoms with van der Waals surface area (Å²) in [6, 6.07) is 15.4. The molecule has 4 rings (SSSR count). The van der Waals surface area contributed by atoms with Gasteiger partial charge in [-0.3, -0.25) is 4.79 Å². The molecule has 1 unspecified atom stereocenters. The number of carbonyl (C=O) groups is 1. The summed E-state index contributed by atoms with van der Waals surface area (Å²) < 4.78 is 0. The molecule has 2 aromatic carbocycles. The van der Waals surface area contributed by atoms with E-state index in [0.717, 1.165) is 32.5 Å². The van der Waals surface area contributed by atoms with Crippen LogP contribution in [0.4, 0.5) is 0 Å². The number of benzene rings is 2. The maximum absolute atomic E-state index is 12.9. The third-order valence-corrected chi connectivity index (χ3v) is 5.35. The zero-order valence-electron chi connectivity index (χ0n) is 14.1. The van der Waals surface area contributed by atoms with Gasteiger partial charge in [0.15, 0.2) is 0 Å². The smallest absolute Gasteiger partial charge is 0.226 e. The Morgan fingerprint density at radius 2 is 1.88 bits per heavy atom. The number of nitrogens with zero attached hydrogens (tertiary/aromatic N) is 1. The minimum atomic E-state index is 0. The lowest BCUT2D eigenvalue weighted by molar-refractivity contribution is -0.138. The third kappa shape index (κ3) is 3.42. The number of carbonyl (C=O) groups excluding carboxylic acids is 1. The number of halogens is 1. The quantitative estimate of drug-likeness (QED) is 0.898. The maximum Gasteiger partial charge on any atom is 0.226 e. The standard InChI is InChI=1S/C20H24N2O.ClH/c1-14(18-11-21-12-18)20(23)22(19-8-9-19)13-15-6-7-16-4-2-3-5-17(16)10-15;/h2-7,10,14,18-19,21H,8-9,11-13H2,1H3;1H. The molecule has 1 heterocycles. The predicted octanol–water partition coefficient (Wildman–Crippen LogP) is 3.61. The molecular formula is C20H25ClN2O. The molecule has 0 radical (unpaired) electrons. The highest BCUT2D eigenvalue weighted by Crippen LogP contribution is 2.32. The van der Waals surface area contributed by atoms with Crippen LogP contribution in [0.5, 0.6) is 0 Å². The number of nitrogens with one attached hydrogen (secondary N) is 1. The van der Waals surface area contributed by atoms with Crippen LogP contribution in [0.1, 0.15) is 25.3 Å². The van der Waals surface area contributed by atoms with E-state index in [-0.39, 0.29) is 18.3 Å². The Bertz CT molecular complexity index is 724. The van der Waals surface area contributed by atoms with Crippen LogP contribution in [0, 0.1) is 11.8 Å². The summed E-state index contributed by atoms with van der Waals surface area (Å²) in [7, 11) is 0. The molecule has 2 aliphatic rings. The molecule has 3 nitrogen and oxygen atoms in total. The number of rotatable bonds is 5. The highest BCUT2D eigenvalue weighted by Gasteiger charge is 2.38. The fourth-order valence-electron chi connectivity index (χ4n) is 3.43.